The number of nitrogens with two attached hydrogens (primary N) is 1. The fourth-order valence-electron chi connectivity index (χ4n) is 1.55. The van der Waals surface area contributed by atoms with Gasteiger partial charge in [-0.25, -0.2) is 17.5 Å². The Morgan fingerprint density at radius 1 is 1.47 bits per heavy atom. The fourth-order valence-corrected chi connectivity index (χ4v) is 3.31. The first-order valence-electron chi connectivity index (χ1n) is 5.85. The van der Waals surface area contributed by atoms with Crippen LogP contribution in [0.3, 0.4) is 0 Å². The molecule has 1 aromatic rings. The molecule has 0 amide bonds. The Labute approximate surface area is 112 Å². The van der Waals surface area contributed by atoms with Crippen LogP contribution in [0.15, 0.2) is 17.0 Å². The zero-order chi connectivity index (χ0) is 14.8. The average molecular weight is 290 g/mol. The summed E-state index contributed by atoms with van der Waals surface area (Å²) in [5, 5.41) is 9.25. The predicted molar refractivity (Wildman–Crippen MR) is 71.7 cm³/mol. The highest BCUT2D eigenvalue weighted by Gasteiger charge is 2.30. The lowest BCUT2D eigenvalue weighted by molar-refractivity contribution is 0.191. The smallest absolute Gasteiger partial charge is 0.241 e. The summed E-state index contributed by atoms with van der Waals surface area (Å²) >= 11 is 0. The Kier molecular flexibility index (Phi) is 4.54. The summed E-state index contributed by atoms with van der Waals surface area (Å²) in [7, 11) is -3.95. The Morgan fingerprint density at radius 2 is 2.05 bits per heavy atom. The Morgan fingerprint density at radius 3 is 2.53 bits per heavy atom. The van der Waals surface area contributed by atoms with Crippen molar-refractivity contribution in [3.8, 4) is 0 Å². The highest BCUT2D eigenvalue weighted by Crippen LogP contribution is 2.23. The van der Waals surface area contributed by atoms with Gasteiger partial charge in [-0.2, -0.15) is 0 Å². The molecule has 5 nitrogen and oxygen atoms in total. The minimum atomic E-state index is -3.95. The van der Waals surface area contributed by atoms with Crippen molar-refractivity contribution in [3.05, 3.63) is 23.5 Å². The third kappa shape index (κ3) is 3.43. The molecule has 1 rings (SSSR count). The molecule has 7 heteroatoms. The zero-order valence-corrected chi connectivity index (χ0v) is 12.0. The van der Waals surface area contributed by atoms with Gasteiger partial charge in [0.1, 0.15) is 5.82 Å². The van der Waals surface area contributed by atoms with Gasteiger partial charge in [-0.3, -0.25) is 0 Å². The van der Waals surface area contributed by atoms with Crippen LogP contribution < -0.4 is 10.5 Å². The van der Waals surface area contributed by atoms with Gasteiger partial charge in [0.15, 0.2) is 0 Å². The van der Waals surface area contributed by atoms with Gasteiger partial charge < -0.3 is 10.8 Å². The molecule has 0 fully saturated rings. The number of hydrogen-bond acceptors (Lipinski definition) is 4. The summed E-state index contributed by atoms with van der Waals surface area (Å²) in [6.07, 6.45) is 0.395. The van der Waals surface area contributed by atoms with Crippen molar-refractivity contribution in [2.45, 2.75) is 37.6 Å². The summed E-state index contributed by atoms with van der Waals surface area (Å²) in [4.78, 5) is -0.210. The van der Waals surface area contributed by atoms with E-state index in [4.69, 9.17) is 5.73 Å². The van der Waals surface area contributed by atoms with Crippen LogP contribution in [0.4, 0.5) is 10.1 Å². The molecule has 0 saturated carbocycles. The second-order valence-electron chi connectivity index (χ2n) is 4.80. The van der Waals surface area contributed by atoms with E-state index in [-0.39, 0.29) is 22.8 Å². The summed E-state index contributed by atoms with van der Waals surface area (Å²) in [6.45, 7) is 4.33. The minimum Gasteiger partial charge on any atom is -0.399 e. The van der Waals surface area contributed by atoms with Gasteiger partial charge in [0, 0.05) is 11.3 Å². The second-order valence-corrected chi connectivity index (χ2v) is 6.45. The van der Waals surface area contributed by atoms with Gasteiger partial charge in [-0.1, -0.05) is 6.92 Å². The molecule has 108 valence electrons. The average Bonchev–Trinajstić information content (AvgIpc) is 2.32. The molecule has 0 saturated heterocycles. The second kappa shape index (κ2) is 5.44. The Bertz CT molecular complexity index is 569. The topological polar surface area (TPSA) is 92.4 Å². The van der Waals surface area contributed by atoms with E-state index in [1.54, 1.807) is 13.8 Å². The Hall–Kier alpha value is -1.18. The maximum Gasteiger partial charge on any atom is 0.241 e. The standard InChI is InChI=1S/C12H19FN2O3S/c1-4-12(3,7-16)15-19(17,18)11-6-9(14)5-10(13)8(11)2/h5-6,15-16H,4,7,14H2,1-3H3. The van der Waals surface area contributed by atoms with Gasteiger partial charge in [0.2, 0.25) is 10.0 Å². The first kappa shape index (κ1) is 15.9. The highest BCUT2D eigenvalue weighted by atomic mass is 32.2. The van der Waals surface area contributed by atoms with Crippen LogP contribution in [0.5, 0.6) is 0 Å². The third-order valence-corrected chi connectivity index (χ3v) is 4.88. The van der Waals surface area contributed by atoms with Crippen molar-refractivity contribution in [3.63, 3.8) is 0 Å². The van der Waals surface area contributed by atoms with Crippen molar-refractivity contribution in [2.24, 2.45) is 0 Å². The van der Waals surface area contributed by atoms with Crippen molar-refractivity contribution < 1.29 is 17.9 Å². The molecule has 1 unspecified atom stereocenters. The van der Waals surface area contributed by atoms with Crippen LogP contribution in [0.2, 0.25) is 0 Å². The van der Waals surface area contributed by atoms with Crippen LogP contribution >= 0.6 is 0 Å². The van der Waals surface area contributed by atoms with E-state index >= 15 is 0 Å². The molecule has 0 aliphatic carbocycles. The molecule has 0 radical (unpaired) electrons. The number of rotatable bonds is 5. The summed E-state index contributed by atoms with van der Waals surface area (Å²) in [5.41, 5.74) is 4.51. The van der Waals surface area contributed by atoms with E-state index in [2.05, 4.69) is 4.72 Å². The molecule has 4 N–H and O–H groups in total. The number of hydrogen-bond donors (Lipinski definition) is 3. The van der Waals surface area contributed by atoms with Crippen molar-refractivity contribution >= 4 is 15.7 Å². The summed E-state index contributed by atoms with van der Waals surface area (Å²) < 4.78 is 40.4. The number of aliphatic hydroxyl groups is 1. The molecule has 0 aliphatic rings. The molecule has 0 aliphatic heterocycles. The lowest BCUT2D eigenvalue weighted by Gasteiger charge is -2.27. The number of benzene rings is 1. The van der Waals surface area contributed by atoms with Crippen LogP contribution in [0, 0.1) is 12.7 Å². The number of nitrogen functional groups attached to an aromatic ring is 1. The van der Waals surface area contributed by atoms with Gasteiger partial charge in [-0.05, 0) is 32.4 Å². The summed E-state index contributed by atoms with van der Waals surface area (Å²) in [6, 6.07) is 2.27. The first-order chi connectivity index (χ1) is 8.65. The molecule has 1 atom stereocenters. The van der Waals surface area contributed by atoms with E-state index in [1.807, 2.05) is 0 Å². The van der Waals surface area contributed by atoms with Crippen LogP contribution in [-0.2, 0) is 10.0 Å². The monoisotopic (exact) mass is 290 g/mol. The van der Waals surface area contributed by atoms with E-state index in [0.29, 0.717) is 6.42 Å². The molecular formula is C12H19FN2O3S. The first-order valence-corrected chi connectivity index (χ1v) is 7.34. The molecule has 0 spiro atoms. The van der Waals surface area contributed by atoms with Crippen molar-refractivity contribution in [1.29, 1.82) is 0 Å². The zero-order valence-electron chi connectivity index (χ0n) is 11.2. The van der Waals surface area contributed by atoms with Gasteiger partial charge in [0.05, 0.1) is 17.0 Å². The molecule has 0 aromatic heterocycles. The SMILES string of the molecule is CCC(C)(CO)NS(=O)(=O)c1cc(N)cc(F)c1C. The number of nitrogens with one attached hydrogen (secondary N) is 1. The largest absolute Gasteiger partial charge is 0.399 e. The maximum absolute atomic E-state index is 13.5. The number of halogens is 1. The maximum atomic E-state index is 13.5. The number of anilines is 1. The lowest BCUT2D eigenvalue weighted by atomic mass is 10.0. The lowest BCUT2D eigenvalue weighted by Crippen LogP contribution is -2.48. The normalized spacial score (nSPS) is 15.2. The van der Waals surface area contributed by atoms with Crippen molar-refractivity contribution in [1.82, 2.24) is 4.72 Å². The molecule has 0 heterocycles. The number of aliphatic hydroxyl groups excluding tert-OH is 1. The van der Waals surface area contributed by atoms with Crippen molar-refractivity contribution in [2.75, 3.05) is 12.3 Å². The molecule has 19 heavy (non-hydrogen) atoms. The molecule has 1 aromatic carbocycles. The highest BCUT2D eigenvalue weighted by molar-refractivity contribution is 7.89. The Balaban J connectivity index is 3.29. The van der Waals surface area contributed by atoms with E-state index < -0.39 is 21.4 Å². The molecular weight excluding hydrogens is 271 g/mol. The van der Waals surface area contributed by atoms with E-state index in [0.717, 1.165) is 6.07 Å². The van der Waals surface area contributed by atoms with E-state index in [1.165, 1.54) is 13.0 Å². The quantitative estimate of drug-likeness (QED) is 0.709. The minimum absolute atomic E-state index is 0.00177. The van der Waals surface area contributed by atoms with Crippen LogP contribution in [0.1, 0.15) is 25.8 Å². The predicted octanol–water partition coefficient (Wildman–Crippen LogP) is 1.16. The number of sulfonamides is 1. The van der Waals surface area contributed by atoms with Gasteiger partial charge >= 0.3 is 0 Å². The van der Waals surface area contributed by atoms with Gasteiger partial charge in [-0.15, -0.1) is 0 Å². The molecule has 0 bridgehead atoms. The van der Waals surface area contributed by atoms with Crippen LogP contribution in [-0.4, -0.2) is 25.7 Å². The van der Waals surface area contributed by atoms with E-state index in [9.17, 15) is 17.9 Å². The van der Waals surface area contributed by atoms with Crippen LogP contribution in [0.25, 0.3) is 0 Å². The van der Waals surface area contributed by atoms with Gasteiger partial charge in [0.25, 0.3) is 0 Å². The summed E-state index contributed by atoms with van der Waals surface area (Å²) in [5.74, 6) is -0.678. The third-order valence-electron chi connectivity index (χ3n) is 3.12. The fraction of sp³-hybridized carbons (Fsp3) is 0.500.